The van der Waals surface area contributed by atoms with Crippen molar-refractivity contribution >= 4 is 29.8 Å². The summed E-state index contributed by atoms with van der Waals surface area (Å²) in [4.78, 5) is 71.1. The molecule has 2 aliphatic heterocycles. The molecule has 0 amide bonds. The van der Waals surface area contributed by atoms with Crippen molar-refractivity contribution in [3.63, 3.8) is 0 Å². The number of carbonyl (C=O) groups excluding carboxylic acids is 5. The molecular weight excluding hydrogens is 947 g/mol. The molecule has 19 heteroatoms. The third kappa shape index (κ3) is 14.8. The van der Waals surface area contributed by atoms with Crippen LogP contribution < -0.4 is 0 Å². The number of aliphatic hydroxyl groups excluding tert-OH is 1. The van der Waals surface area contributed by atoms with Crippen LogP contribution in [0.5, 0.6) is 0 Å². The predicted molar refractivity (Wildman–Crippen MR) is 257 cm³/mol. The lowest BCUT2D eigenvalue weighted by atomic mass is 9.95. The highest BCUT2D eigenvalue weighted by Crippen LogP contribution is 2.37. The first kappa shape index (κ1) is 53.3. The Bertz CT molecular complexity index is 2590. The van der Waals surface area contributed by atoms with Crippen LogP contribution in [0, 0.1) is 0 Å². The summed E-state index contributed by atoms with van der Waals surface area (Å²) in [6.45, 7) is -1.33. The molecule has 382 valence electrons. The fourth-order valence-electron chi connectivity index (χ4n) is 8.12. The van der Waals surface area contributed by atoms with Crippen LogP contribution in [0.2, 0.25) is 0 Å². The van der Waals surface area contributed by atoms with E-state index in [0.717, 1.165) is 0 Å². The van der Waals surface area contributed by atoms with Crippen LogP contribution in [0.1, 0.15) is 72.7 Å². The van der Waals surface area contributed by atoms with Gasteiger partial charge in [0.05, 0.1) is 42.6 Å². The number of carbonyl (C=O) groups is 5. The van der Waals surface area contributed by atoms with E-state index in [1.165, 1.54) is 55.6 Å². The SMILES string of the molecule is COC(=O)CCCCCO[C@H]1O[C@H](CO)[C@H](OCc2ccccc2)[C@H](O[C@@H]2O[C@H](COC(=O)c3ccccc3)[C@H](OC(=O)c3ccccc3)[C@H](OC(=O)c3ccccc3)[C@H]2OC(=O)c2ccccc2)[C@H]1N=[N+]=[N-]. The first-order chi connectivity index (χ1) is 35.7. The molecule has 0 spiro atoms. The van der Waals surface area contributed by atoms with Crippen LogP contribution in [0.25, 0.3) is 10.4 Å². The molecule has 2 aliphatic rings. The van der Waals surface area contributed by atoms with Crippen LogP contribution in [0.4, 0.5) is 0 Å². The second kappa shape index (κ2) is 27.4. The van der Waals surface area contributed by atoms with E-state index in [2.05, 4.69) is 10.0 Å². The summed E-state index contributed by atoms with van der Waals surface area (Å²) in [6, 6.07) is 39.3. The molecule has 73 heavy (non-hydrogen) atoms. The zero-order valence-corrected chi connectivity index (χ0v) is 39.8. The van der Waals surface area contributed by atoms with Crippen molar-refractivity contribution in [1.29, 1.82) is 0 Å². The molecule has 5 aromatic carbocycles. The summed E-state index contributed by atoms with van der Waals surface area (Å²) in [5.41, 5.74) is 11.2. The van der Waals surface area contributed by atoms with Crippen molar-refractivity contribution in [3.05, 3.63) is 190 Å². The van der Waals surface area contributed by atoms with Crippen molar-refractivity contribution in [1.82, 2.24) is 0 Å². The fourth-order valence-corrected chi connectivity index (χ4v) is 8.12. The van der Waals surface area contributed by atoms with E-state index in [-0.39, 0.29) is 47.9 Å². The average molecular weight is 1000 g/mol. The number of hydrogen-bond acceptors (Lipinski definition) is 17. The number of methoxy groups -OCH3 is 1. The van der Waals surface area contributed by atoms with E-state index in [0.29, 0.717) is 24.8 Å². The van der Waals surface area contributed by atoms with Gasteiger partial charge in [-0.25, -0.2) is 19.2 Å². The van der Waals surface area contributed by atoms with Gasteiger partial charge in [0.2, 0.25) is 0 Å². The van der Waals surface area contributed by atoms with Gasteiger partial charge in [0.1, 0.15) is 37.1 Å². The van der Waals surface area contributed by atoms with E-state index in [1.54, 1.807) is 97.1 Å². The highest BCUT2D eigenvalue weighted by Gasteiger charge is 2.57. The van der Waals surface area contributed by atoms with Gasteiger partial charge in [-0.2, -0.15) is 0 Å². The second-order valence-electron chi connectivity index (χ2n) is 16.8. The summed E-state index contributed by atoms with van der Waals surface area (Å²) in [6.07, 6.45) is -12.4. The molecule has 0 unspecified atom stereocenters. The zero-order chi connectivity index (χ0) is 51.4. The van der Waals surface area contributed by atoms with Crippen molar-refractivity contribution in [3.8, 4) is 0 Å². The van der Waals surface area contributed by atoms with Crippen LogP contribution in [-0.4, -0.2) is 123 Å². The normalized spacial score (nSPS) is 23.4. The number of hydrogen-bond donors (Lipinski definition) is 1. The Morgan fingerprint density at radius 2 is 1.05 bits per heavy atom. The number of nitrogens with zero attached hydrogens (tertiary/aromatic N) is 3. The molecule has 0 saturated carbocycles. The molecule has 5 aromatic rings. The number of ether oxygens (including phenoxy) is 10. The highest BCUT2D eigenvalue weighted by molar-refractivity contribution is 5.91. The number of azide groups is 1. The number of aliphatic hydroxyl groups is 1. The molecule has 7 rings (SSSR count). The first-order valence-electron chi connectivity index (χ1n) is 23.6. The summed E-state index contributed by atoms with van der Waals surface area (Å²) < 4.78 is 61.7. The molecular formula is C54H55N3O16. The fraction of sp³-hybridized carbons (Fsp3) is 0.352. The molecule has 19 nitrogen and oxygen atoms in total. The van der Waals surface area contributed by atoms with Crippen molar-refractivity contribution in [2.75, 3.05) is 26.9 Å². The van der Waals surface area contributed by atoms with Gasteiger partial charge >= 0.3 is 29.8 Å². The molecule has 2 heterocycles. The van der Waals surface area contributed by atoms with Crippen LogP contribution in [-0.2, 0) is 58.8 Å². The quantitative estimate of drug-likeness (QED) is 0.0168. The van der Waals surface area contributed by atoms with Crippen LogP contribution >= 0.6 is 0 Å². The molecule has 1 N–H and O–H groups in total. The predicted octanol–water partition coefficient (Wildman–Crippen LogP) is 7.36. The molecule has 2 fully saturated rings. The lowest BCUT2D eigenvalue weighted by Crippen LogP contribution is -2.66. The third-order valence-corrected chi connectivity index (χ3v) is 11.8. The minimum atomic E-state index is -1.87. The van der Waals surface area contributed by atoms with Crippen molar-refractivity contribution < 1.29 is 76.4 Å². The Morgan fingerprint density at radius 3 is 1.58 bits per heavy atom. The Balaban J connectivity index is 1.32. The summed E-state index contributed by atoms with van der Waals surface area (Å²) in [5.74, 6) is -3.93. The maximum atomic E-state index is 14.3. The van der Waals surface area contributed by atoms with Gasteiger partial charge in [-0.05, 0) is 72.5 Å². The number of esters is 5. The number of benzene rings is 5. The van der Waals surface area contributed by atoms with Gasteiger partial charge in [0.15, 0.2) is 30.9 Å². The average Bonchev–Trinajstić information content (AvgIpc) is 3.43. The molecule has 0 bridgehead atoms. The first-order valence-corrected chi connectivity index (χ1v) is 23.6. The maximum Gasteiger partial charge on any atom is 0.338 e. The maximum absolute atomic E-state index is 14.3. The van der Waals surface area contributed by atoms with Crippen molar-refractivity contribution in [2.24, 2.45) is 5.11 Å². The van der Waals surface area contributed by atoms with Gasteiger partial charge in [-0.1, -0.05) is 115 Å². The highest BCUT2D eigenvalue weighted by atomic mass is 16.8. The molecule has 10 atom stereocenters. The number of unbranched alkanes of at least 4 members (excludes halogenated alkanes) is 2. The summed E-state index contributed by atoms with van der Waals surface area (Å²) >= 11 is 0. The van der Waals surface area contributed by atoms with Crippen LogP contribution in [0.15, 0.2) is 157 Å². The smallest absolute Gasteiger partial charge is 0.338 e. The minimum Gasteiger partial charge on any atom is -0.469 e. The molecule has 0 aromatic heterocycles. The largest absolute Gasteiger partial charge is 0.469 e. The van der Waals surface area contributed by atoms with E-state index < -0.39 is 98.4 Å². The Hall–Kier alpha value is -7.48. The van der Waals surface area contributed by atoms with Crippen LogP contribution in [0.3, 0.4) is 0 Å². The number of rotatable bonds is 23. The Kier molecular flexibility index (Phi) is 20.0. The lowest BCUT2D eigenvalue weighted by molar-refractivity contribution is -0.345. The molecule has 0 radical (unpaired) electrons. The van der Waals surface area contributed by atoms with Gasteiger partial charge in [0.25, 0.3) is 0 Å². The lowest BCUT2D eigenvalue weighted by Gasteiger charge is -2.48. The van der Waals surface area contributed by atoms with E-state index in [9.17, 15) is 34.6 Å². The van der Waals surface area contributed by atoms with E-state index in [4.69, 9.17) is 47.4 Å². The topological polar surface area (TPSA) is 247 Å². The summed E-state index contributed by atoms with van der Waals surface area (Å²) in [5, 5.41) is 15.0. The molecule has 0 aliphatic carbocycles. The minimum absolute atomic E-state index is 0.0434. The van der Waals surface area contributed by atoms with Gasteiger partial charge in [0, 0.05) is 17.9 Å². The van der Waals surface area contributed by atoms with E-state index in [1.807, 2.05) is 6.07 Å². The Labute approximate surface area is 420 Å². The van der Waals surface area contributed by atoms with Gasteiger partial charge < -0.3 is 52.5 Å². The zero-order valence-electron chi connectivity index (χ0n) is 39.8. The second-order valence-corrected chi connectivity index (χ2v) is 16.8. The molecule has 2 saturated heterocycles. The third-order valence-electron chi connectivity index (χ3n) is 11.8. The van der Waals surface area contributed by atoms with Crippen molar-refractivity contribution in [2.45, 2.75) is 93.6 Å². The standard InChI is InChI=1S/C54H55N3O16/c1-64-42(59)30-18-7-19-31-65-53-43(56-57-55)46(44(40(32-58)68-53)66-33-35-20-8-2-9-21-35)73-54-48(72-52(63)39-28-16-6-17-29-39)47(71-51(62)38-26-14-5-15-27-38)45(70-50(61)37-24-12-4-13-25-37)41(69-54)34-67-49(60)36-22-10-3-11-23-36/h2-6,8-17,20-29,40-41,43-48,53-54,58H,7,18-19,30-34H2,1H3/t40-,41-,43-,44+,45+,46-,47+,48-,53+,54+/m1/s1. The van der Waals surface area contributed by atoms with Gasteiger partial charge in [-0.3, -0.25) is 4.79 Å². The Morgan fingerprint density at radius 1 is 0.562 bits per heavy atom. The summed E-state index contributed by atoms with van der Waals surface area (Å²) in [7, 11) is 1.31. The monoisotopic (exact) mass is 1000 g/mol. The van der Waals surface area contributed by atoms with E-state index >= 15 is 0 Å². The van der Waals surface area contributed by atoms with Gasteiger partial charge in [-0.15, -0.1) is 0 Å².